The van der Waals surface area contributed by atoms with E-state index in [4.69, 9.17) is 4.74 Å². The second-order valence-electron chi connectivity index (χ2n) is 3.90. The van der Waals surface area contributed by atoms with Crippen LogP contribution in [-0.2, 0) is 4.74 Å². The van der Waals surface area contributed by atoms with Gasteiger partial charge in [-0.1, -0.05) is 15.9 Å². The van der Waals surface area contributed by atoms with E-state index in [1.54, 1.807) is 6.07 Å². The summed E-state index contributed by atoms with van der Waals surface area (Å²) in [5, 5.41) is 0. The minimum absolute atomic E-state index is 0.266. The minimum Gasteiger partial charge on any atom is -0.461 e. The molecule has 0 saturated heterocycles. The number of halogens is 1. The summed E-state index contributed by atoms with van der Waals surface area (Å²) in [5.41, 5.74) is 1.63. The van der Waals surface area contributed by atoms with E-state index in [9.17, 15) is 4.79 Å². The smallest absolute Gasteiger partial charge is 0.338 e. The number of hydrogen-bond acceptors (Lipinski definition) is 3. The summed E-state index contributed by atoms with van der Waals surface area (Å²) in [4.78, 5) is 13.6. The molecule has 0 fully saturated rings. The van der Waals surface area contributed by atoms with Crippen molar-refractivity contribution in [3.63, 3.8) is 0 Å². The fourth-order valence-electron chi connectivity index (χ4n) is 1.18. The molecule has 3 nitrogen and oxygen atoms in total. The van der Waals surface area contributed by atoms with Crippen molar-refractivity contribution in [3.8, 4) is 0 Å². The van der Waals surface area contributed by atoms with E-state index in [0.29, 0.717) is 12.2 Å². The standard InChI is InChI=1S/C12H16BrNO2/c1-9-8-10(4-5-11(9)13)12(15)16-7-6-14(2)3/h4-5,8H,6-7H2,1-3H3. The van der Waals surface area contributed by atoms with Gasteiger partial charge in [0.2, 0.25) is 0 Å². The van der Waals surface area contributed by atoms with Crippen molar-refractivity contribution >= 4 is 21.9 Å². The second kappa shape index (κ2) is 6.01. The molecule has 0 aliphatic carbocycles. The van der Waals surface area contributed by atoms with Crippen LogP contribution in [0.1, 0.15) is 15.9 Å². The first-order valence-corrected chi connectivity index (χ1v) is 5.88. The summed E-state index contributed by atoms with van der Waals surface area (Å²) in [6, 6.07) is 5.44. The monoisotopic (exact) mass is 285 g/mol. The topological polar surface area (TPSA) is 29.5 Å². The number of aryl methyl sites for hydroxylation is 1. The number of rotatable bonds is 4. The van der Waals surface area contributed by atoms with Crippen LogP contribution in [-0.4, -0.2) is 38.1 Å². The predicted octanol–water partition coefficient (Wildman–Crippen LogP) is 2.48. The molecule has 0 N–H and O–H groups in total. The number of benzene rings is 1. The Hall–Kier alpha value is -0.870. The Balaban J connectivity index is 2.56. The summed E-state index contributed by atoms with van der Waals surface area (Å²) >= 11 is 3.39. The molecule has 88 valence electrons. The van der Waals surface area contributed by atoms with E-state index in [0.717, 1.165) is 16.6 Å². The van der Waals surface area contributed by atoms with Crippen LogP contribution in [0.25, 0.3) is 0 Å². The summed E-state index contributed by atoms with van der Waals surface area (Å²) in [6.07, 6.45) is 0. The summed E-state index contributed by atoms with van der Waals surface area (Å²) in [5.74, 6) is -0.266. The van der Waals surface area contributed by atoms with Crippen LogP contribution in [0.15, 0.2) is 22.7 Å². The molecule has 0 amide bonds. The first kappa shape index (κ1) is 13.2. The van der Waals surface area contributed by atoms with E-state index in [-0.39, 0.29) is 5.97 Å². The lowest BCUT2D eigenvalue weighted by atomic mass is 10.1. The fraction of sp³-hybridized carbons (Fsp3) is 0.417. The average Bonchev–Trinajstić information content (AvgIpc) is 2.21. The highest BCUT2D eigenvalue weighted by molar-refractivity contribution is 9.10. The fourth-order valence-corrected chi connectivity index (χ4v) is 1.42. The predicted molar refractivity (Wildman–Crippen MR) is 67.7 cm³/mol. The van der Waals surface area contributed by atoms with Crippen molar-refractivity contribution in [2.24, 2.45) is 0 Å². The zero-order chi connectivity index (χ0) is 12.1. The molecule has 0 aromatic heterocycles. The maximum atomic E-state index is 11.6. The van der Waals surface area contributed by atoms with Gasteiger partial charge in [0.15, 0.2) is 0 Å². The Morgan fingerprint density at radius 2 is 2.12 bits per heavy atom. The van der Waals surface area contributed by atoms with E-state index >= 15 is 0 Å². The van der Waals surface area contributed by atoms with Crippen molar-refractivity contribution in [3.05, 3.63) is 33.8 Å². The van der Waals surface area contributed by atoms with Crippen LogP contribution in [0.3, 0.4) is 0 Å². The van der Waals surface area contributed by atoms with Crippen molar-refractivity contribution in [2.45, 2.75) is 6.92 Å². The third-order valence-corrected chi connectivity index (χ3v) is 3.06. The Kier molecular flexibility index (Phi) is 4.96. The van der Waals surface area contributed by atoms with Crippen molar-refractivity contribution in [1.82, 2.24) is 4.90 Å². The molecule has 1 aromatic rings. The summed E-state index contributed by atoms with van der Waals surface area (Å²) in [7, 11) is 3.88. The molecule has 0 spiro atoms. The summed E-state index contributed by atoms with van der Waals surface area (Å²) in [6.45, 7) is 3.10. The molecule has 4 heteroatoms. The van der Waals surface area contributed by atoms with E-state index < -0.39 is 0 Å². The molecule has 0 saturated carbocycles. The maximum absolute atomic E-state index is 11.6. The second-order valence-corrected chi connectivity index (χ2v) is 4.76. The van der Waals surface area contributed by atoms with Crippen molar-refractivity contribution in [2.75, 3.05) is 27.2 Å². The van der Waals surface area contributed by atoms with Crippen LogP contribution < -0.4 is 0 Å². The zero-order valence-corrected chi connectivity index (χ0v) is 11.4. The molecule has 1 rings (SSSR count). The van der Waals surface area contributed by atoms with Crippen LogP contribution in [0.5, 0.6) is 0 Å². The van der Waals surface area contributed by atoms with Gasteiger partial charge in [-0.15, -0.1) is 0 Å². The highest BCUT2D eigenvalue weighted by Crippen LogP contribution is 2.17. The molecule has 0 heterocycles. The van der Waals surface area contributed by atoms with Crippen LogP contribution in [0.4, 0.5) is 0 Å². The van der Waals surface area contributed by atoms with Crippen LogP contribution in [0, 0.1) is 6.92 Å². The number of carbonyl (C=O) groups excluding carboxylic acids is 1. The quantitative estimate of drug-likeness (QED) is 0.796. The van der Waals surface area contributed by atoms with Gasteiger partial charge >= 0.3 is 5.97 Å². The number of nitrogens with zero attached hydrogens (tertiary/aromatic N) is 1. The van der Waals surface area contributed by atoms with Gasteiger partial charge in [-0.05, 0) is 44.8 Å². The number of hydrogen-bond donors (Lipinski definition) is 0. The molecule has 0 bridgehead atoms. The van der Waals surface area contributed by atoms with Crippen molar-refractivity contribution < 1.29 is 9.53 Å². The first-order valence-electron chi connectivity index (χ1n) is 5.08. The van der Waals surface area contributed by atoms with Gasteiger partial charge in [-0.3, -0.25) is 0 Å². The third kappa shape index (κ3) is 3.94. The van der Waals surface area contributed by atoms with Gasteiger partial charge in [0, 0.05) is 11.0 Å². The average molecular weight is 286 g/mol. The highest BCUT2D eigenvalue weighted by atomic mass is 79.9. The van der Waals surface area contributed by atoms with Crippen LogP contribution >= 0.6 is 15.9 Å². The van der Waals surface area contributed by atoms with Gasteiger partial charge in [0.25, 0.3) is 0 Å². The van der Waals surface area contributed by atoms with Crippen LogP contribution in [0.2, 0.25) is 0 Å². The van der Waals surface area contributed by atoms with Gasteiger partial charge in [-0.25, -0.2) is 4.79 Å². The largest absolute Gasteiger partial charge is 0.461 e. The lowest BCUT2D eigenvalue weighted by Gasteiger charge is -2.10. The Morgan fingerprint density at radius 3 is 2.69 bits per heavy atom. The number of likely N-dealkylation sites (N-methyl/N-ethyl adjacent to an activating group) is 1. The van der Waals surface area contributed by atoms with Gasteiger partial charge < -0.3 is 9.64 Å². The Morgan fingerprint density at radius 1 is 1.44 bits per heavy atom. The Bertz CT molecular complexity index is 377. The number of esters is 1. The molecular formula is C12H16BrNO2. The lowest BCUT2D eigenvalue weighted by molar-refractivity contribution is 0.0481. The number of carbonyl (C=O) groups is 1. The highest BCUT2D eigenvalue weighted by Gasteiger charge is 2.08. The van der Waals surface area contributed by atoms with Gasteiger partial charge in [0.1, 0.15) is 6.61 Å². The number of ether oxygens (including phenoxy) is 1. The molecule has 0 aliphatic rings. The van der Waals surface area contributed by atoms with Gasteiger partial charge in [0.05, 0.1) is 5.56 Å². The van der Waals surface area contributed by atoms with E-state index in [1.165, 1.54) is 0 Å². The first-order chi connectivity index (χ1) is 7.50. The summed E-state index contributed by atoms with van der Waals surface area (Å²) < 4.78 is 6.14. The minimum atomic E-state index is -0.266. The van der Waals surface area contributed by atoms with Crippen molar-refractivity contribution in [1.29, 1.82) is 0 Å². The molecule has 0 atom stereocenters. The molecule has 0 aliphatic heterocycles. The lowest BCUT2D eigenvalue weighted by Crippen LogP contribution is -2.20. The molecule has 0 radical (unpaired) electrons. The van der Waals surface area contributed by atoms with E-state index in [1.807, 2.05) is 38.1 Å². The molecule has 0 unspecified atom stereocenters. The maximum Gasteiger partial charge on any atom is 0.338 e. The normalized spacial score (nSPS) is 10.6. The van der Waals surface area contributed by atoms with E-state index in [2.05, 4.69) is 15.9 Å². The molecule has 1 aromatic carbocycles. The third-order valence-electron chi connectivity index (χ3n) is 2.17. The Labute approximate surface area is 105 Å². The molecular weight excluding hydrogens is 270 g/mol. The van der Waals surface area contributed by atoms with Gasteiger partial charge in [-0.2, -0.15) is 0 Å². The molecule has 16 heavy (non-hydrogen) atoms. The zero-order valence-electron chi connectivity index (χ0n) is 9.79. The SMILES string of the molecule is Cc1cc(C(=O)OCCN(C)C)ccc1Br.